The van der Waals surface area contributed by atoms with Crippen molar-refractivity contribution < 1.29 is 4.74 Å². The van der Waals surface area contributed by atoms with Gasteiger partial charge < -0.3 is 10.1 Å². The minimum Gasteiger partial charge on any atom is -0.381 e. The van der Waals surface area contributed by atoms with E-state index in [1.54, 1.807) is 6.07 Å². The molecular weight excluding hydrogens is 305 g/mol. The molecule has 0 saturated carbocycles. The lowest BCUT2D eigenvalue weighted by molar-refractivity contribution is 0.0656. The third kappa shape index (κ3) is 3.99. The first kappa shape index (κ1) is 15.4. The van der Waals surface area contributed by atoms with Gasteiger partial charge in [-0.15, -0.1) is 0 Å². The third-order valence-corrected chi connectivity index (χ3v) is 4.89. The van der Waals surface area contributed by atoms with Gasteiger partial charge in [0.05, 0.1) is 15.1 Å². The Bertz CT molecular complexity index is 433. The van der Waals surface area contributed by atoms with Crippen molar-refractivity contribution >= 4 is 34.8 Å². The first-order chi connectivity index (χ1) is 9.09. The molecule has 0 spiro atoms. The highest BCUT2D eigenvalue weighted by molar-refractivity contribution is 6.48. The van der Waals surface area contributed by atoms with E-state index >= 15 is 0 Å². The Kier molecular flexibility index (Phi) is 5.79. The molecule has 19 heavy (non-hydrogen) atoms. The van der Waals surface area contributed by atoms with Crippen LogP contribution < -0.4 is 5.32 Å². The van der Waals surface area contributed by atoms with E-state index < -0.39 is 0 Å². The highest BCUT2D eigenvalue weighted by Crippen LogP contribution is 2.35. The minimum atomic E-state index is 0.158. The molecule has 0 amide bonds. The van der Waals surface area contributed by atoms with E-state index in [0.29, 0.717) is 21.0 Å². The molecule has 1 aliphatic heterocycles. The summed E-state index contributed by atoms with van der Waals surface area (Å²) in [5, 5.41) is 4.98. The number of rotatable bonds is 4. The SMILES string of the molecule is CC(NCC1CCOCC1)c1ccc(Cl)c(Cl)c1Cl. The molecular formula is C14H18Cl3NO. The van der Waals surface area contributed by atoms with Crippen molar-refractivity contribution in [2.75, 3.05) is 19.8 Å². The smallest absolute Gasteiger partial charge is 0.0781 e. The fraction of sp³-hybridized carbons (Fsp3) is 0.571. The van der Waals surface area contributed by atoms with Crippen molar-refractivity contribution in [3.05, 3.63) is 32.8 Å². The predicted octanol–water partition coefficient (Wildman–Crippen LogP) is 4.72. The summed E-state index contributed by atoms with van der Waals surface area (Å²) in [6.07, 6.45) is 2.24. The molecule has 0 aliphatic carbocycles. The van der Waals surface area contributed by atoms with Crippen LogP contribution in [0.1, 0.15) is 31.4 Å². The molecule has 5 heteroatoms. The number of hydrogen-bond donors (Lipinski definition) is 1. The summed E-state index contributed by atoms with van der Waals surface area (Å²) in [5.41, 5.74) is 0.989. The number of nitrogens with one attached hydrogen (secondary N) is 1. The summed E-state index contributed by atoms with van der Waals surface area (Å²) in [4.78, 5) is 0. The maximum absolute atomic E-state index is 6.24. The van der Waals surface area contributed by atoms with Crippen LogP contribution in [-0.2, 0) is 4.74 Å². The number of ether oxygens (including phenoxy) is 1. The number of halogens is 3. The Morgan fingerprint density at radius 2 is 1.89 bits per heavy atom. The zero-order chi connectivity index (χ0) is 13.8. The maximum atomic E-state index is 6.24. The summed E-state index contributed by atoms with van der Waals surface area (Å²) >= 11 is 18.2. The first-order valence-electron chi connectivity index (χ1n) is 6.54. The third-order valence-electron chi connectivity index (χ3n) is 3.59. The van der Waals surface area contributed by atoms with Gasteiger partial charge in [0, 0.05) is 19.3 Å². The molecule has 1 aliphatic rings. The molecule has 2 nitrogen and oxygen atoms in total. The summed E-state index contributed by atoms with van der Waals surface area (Å²) < 4.78 is 5.36. The molecule has 1 aromatic rings. The zero-order valence-corrected chi connectivity index (χ0v) is 13.2. The van der Waals surface area contributed by atoms with E-state index in [0.717, 1.165) is 38.2 Å². The van der Waals surface area contributed by atoms with Crippen LogP contribution in [0.15, 0.2) is 12.1 Å². The molecule has 0 radical (unpaired) electrons. The lowest BCUT2D eigenvalue weighted by Crippen LogP contribution is -2.29. The van der Waals surface area contributed by atoms with E-state index in [1.807, 2.05) is 6.07 Å². The molecule has 1 unspecified atom stereocenters. The van der Waals surface area contributed by atoms with Crippen LogP contribution in [0.25, 0.3) is 0 Å². The minimum absolute atomic E-state index is 0.158. The molecule has 0 bridgehead atoms. The van der Waals surface area contributed by atoms with Gasteiger partial charge in [-0.3, -0.25) is 0 Å². The van der Waals surface area contributed by atoms with E-state index in [2.05, 4.69) is 12.2 Å². The molecule has 1 heterocycles. The monoisotopic (exact) mass is 321 g/mol. The van der Waals surface area contributed by atoms with Crippen molar-refractivity contribution in [3.8, 4) is 0 Å². The van der Waals surface area contributed by atoms with Gasteiger partial charge in [-0.2, -0.15) is 0 Å². The van der Waals surface area contributed by atoms with Crippen LogP contribution in [0, 0.1) is 5.92 Å². The molecule has 1 aromatic carbocycles. The van der Waals surface area contributed by atoms with Crippen LogP contribution in [0.3, 0.4) is 0 Å². The Morgan fingerprint density at radius 1 is 1.21 bits per heavy atom. The van der Waals surface area contributed by atoms with Crippen molar-refractivity contribution in [2.24, 2.45) is 5.92 Å². The van der Waals surface area contributed by atoms with Crippen LogP contribution in [0.5, 0.6) is 0 Å². The summed E-state index contributed by atoms with van der Waals surface area (Å²) in [7, 11) is 0. The second-order valence-corrected chi connectivity index (χ2v) is 6.11. The van der Waals surface area contributed by atoms with Crippen molar-refractivity contribution in [1.82, 2.24) is 5.32 Å². The largest absolute Gasteiger partial charge is 0.381 e. The van der Waals surface area contributed by atoms with Gasteiger partial charge in [-0.05, 0) is 43.9 Å². The lowest BCUT2D eigenvalue weighted by atomic mass is 9.99. The van der Waals surface area contributed by atoms with Gasteiger partial charge in [0.1, 0.15) is 0 Å². The van der Waals surface area contributed by atoms with Crippen LogP contribution >= 0.6 is 34.8 Å². The zero-order valence-electron chi connectivity index (χ0n) is 10.9. The second kappa shape index (κ2) is 7.14. The van der Waals surface area contributed by atoms with E-state index in [-0.39, 0.29) is 6.04 Å². The highest BCUT2D eigenvalue weighted by atomic mass is 35.5. The summed E-state index contributed by atoms with van der Waals surface area (Å²) in [5.74, 6) is 0.678. The Morgan fingerprint density at radius 3 is 2.58 bits per heavy atom. The Balaban J connectivity index is 1.95. The van der Waals surface area contributed by atoms with Gasteiger partial charge >= 0.3 is 0 Å². The fourth-order valence-electron chi connectivity index (χ4n) is 2.28. The standard InChI is InChI=1S/C14H18Cl3NO/c1-9(18-8-10-4-6-19-7-5-10)11-2-3-12(15)14(17)13(11)16/h2-3,9-10,18H,4-8H2,1H3. The summed E-state index contributed by atoms with van der Waals surface area (Å²) in [6.45, 7) is 4.80. The van der Waals surface area contributed by atoms with Gasteiger partial charge in [-0.1, -0.05) is 40.9 Å². The van der Waals surface area contributed by atoms with E-state index in [9.17, 15) is 0 Å². The first-order valence-corrected chi connectivity index (χ1v) is 7.67. The topological polar surface area (TPSA) is 21.3 Å². The average Bonchev–Trinajstić information content (AvgIpc) is 2.43. The van der Waals surface area contributed by atoms with Crippen molar-refractivity contribution in [2.45, 2.75) is 25.8 Å². The normalized spacial score (nSPS) is 18.5. The molecule has 1 N–H and O–H groups in total. The summed E-state index contributed by atoms with van der Waals surface area (Å²) in [6, 6.07) is 3.88. The fourth-order valence-corrected chi connectivity index (χ4v) is 2.99. The van der Waals surface area contributed by atoms with E-state index in [1.165, 1.54) is 0 Å². The number of hydrogen-bond acceptors (Lipinski definition) is 2. The highest BCUT2D eigenvalue weighted by Gasteiger charge is 2.17. The molecule has 106 valence electrons. The van der Waals surface area contributed by atoms with E-state index in [4.69, 9.17) is 39.5 Å². The maximum Gasteiger partial charge on any atom is 0.0781 e. The van der Waals surface area contributed by atoms with Gasteiger partial charge in [-0.25, -0.2) is 0 Å². The average molecular weight is 323 g/mol. The van der Waals surface area contributed by atoms with Crippen LogP contribution in [0.2, 0.25) is 15.1 Å². The van der Waals surface area contributed by atoms with Gasteiger partial charge in [0.25, 0.3) is 0 Å². The quantitative estimate of drug-likeness (QED) is 0.810. The van der Waals surface area contributed by atoms with Gasteiger partial charge in [0.15, 0.2) is 0 Å². The Hall–Kier alpha value is 0.01000. The number of benzene rings is 1. The molecule has 1 saturated heterocycles. The van der Waals surface area contributed by atoms with Crippen LogP contribution in [-0.4, -0.2) is 19.8 Å². The molecule has 2 rings (SSSR count). The van der Waals surface area contributed by atoms with Crippen molar-refractivity contribution in [3.63, 3.8) is 0 Å². The molecule has 1 atom stereocenters. The Labute approximate surface area is 129 Å². The molecule has 0 aromatic heterocycles. The lowest BCUT2D eigenvalue weighted by Gasteiger charge is -2.25. The predicted molar refractivity (Wildman–Crippen MR) is 81.4 cm³/mol. The van der Waals surface area contributed by atoms with Crippen molar-refractivity contribution in [1.29, 1.82) is 0 Å². The van der Waals surface area contributed by atoms with Crippen LogP contribution in [0.4, 0.5) is 0 Å². The van der Waals surface area contributed by atoms with Gasteiger partial charge in [0.2, 0.25) is 0 Å². The molecule has 1 fully saturated rings. The second-order valence-electron chi connectivity index (χ2n) is 4.95.